The van der Waals surface area contributed by atoms with Crippen LogP contribution in [-0.2, 0) is 16.0 Å². The molecule has 1 rings (SSSR count). The molecule has 0 bridgehead atoms. The molecule has 0 heterocycles. The fourth-order valence-corrected chi connectivity index (χ4v) is 2.11. The third kappa shape index (κ3) is 5.04. The summed E-state index contributed by atoms with van der Waals surface area (Å²) in [6.45, 7) is 3.55. The largest absolute Gasteiger partial charge is 0.493 e. The average Bonchev–Trinajstić information content (AvgIpc) is 2.53. The third-order valence-corrected chi connectivity index (χ3v) is 3.74. The molecule has 0 aliphatic rings. The number of amides is 1. The van der Waals surface area contributed by atoms with Crippen molar-refractivity contribution in [1.29, 1.82) is 0 Å². The predicted molar refractivity (Wildman–Crippen MR) is 88.8 cm³/mol. The van der Waals surface area contributed by atoms with Gasteiger partial charge in [0.15, 0.2) is 11.5 Å². The number of methoxy groups -OCH3 is 3. The standard InChI is InChI=1S/C17H25NO6/c1-17(2,16(20)21)6-7-18-14(19)10-11-8-12(22-3)15(24-5)13(9-11)23-4/h8-9H,6-7,10H2,1-5H3,(H,18,19)(H,20,21). The smallest absolute Gasteiger partial charge is 0.309 e. The van der Waals surface area contributed by atoms with Gasteiger partial charge in [-0.1, -0.05) is 0 Å². The highest BCUT2D eigenvalue weighted by Crippen LogP contribution is 2.38. The number of carboxylic acid groups (broad SMARTS) is 1. The number of ether oxygens (including phenoxy) is 3. The molecule has 0 saturated heterocycles. The number of aliphatic carboxylic acids is 1. The zero-order valence-corrected chi connectivity index (χ0v) is 14.8. The first-order valence-electron chi connectivity index (χ1n) is 7.54. The van der Waals surface area contributed by atoms with Gasteiger partial charge in [-0.2, -0.15) is 0 Å². The topological polar surface area (TPSA) is 94.1 Å². The fourth-order valence-electron chi connectivity index (χ4n) is 2.11. The minimum Gasteiger partial charge on any atom is -0.493 e. The molecule has 0 radical (unpaired) electrons. The molecule has 0 saturated carbocycles. The molecule has 0 aliphatic heterocycles. The highest BCUT2D eigenvalue weighted by molar-refractivity contribution is 5.79. The van der Waals surface area contributed by atoms with E-state index >= 15 is 0 Å². The maximum Gasteiger partial charge on any atom is 0.309 e. The van der Waals surface area contributed by atoms with Gasteiger partial charge >= 0.3 is 5.97 Å². The lowest BCUT2D eigenvalue weighted by atomic mass is 9.90. The highest BCUT2D eigenvalue weighted by Gasteiger charge is 2.26. The van der Waals surface area contributed by atoms with Gasteiger partial charge in [-0.3, -0.25) is 9.59 Å². The van der Waals surface area contributed by atoms with Crippen LogP contribution in [0.1, 0.15) is 25.8 Å². The third-order valence-electron chi connectivity index (χ3n) is 3.74. The lowest BCUT2D eigenvalue weighted by Gasteiger charge is -2.19. The maximum atomic E-state index is 12.1. The van der Waals surface area contributed by atoms with Crippen LogP contribution in [0.15, 0.2) is 12.1 Å². The van der Waals surface area contributed by atoms with Crippen LogP contribution in [0.4, 0.5) is 0 Å². The van der Waals surface area contributed by atoms with Crippen molar-refractivity contribution in [2.24, 2.45) is 5.41 Å². The molecular formula is C17H25NO6. The summed E-state index contributed by atoms with van der Waals surface area (Å²) in [5.41, 5.74) is -0.167. The molecule has 1 aromatic carbocycles. The minimum atomic E-state index is -0.888. The second kappa shape index (κ2) is 8.42. The van der Waals surface area contributed by atoms with Gasteiger partial charge in [-0.05, 0) is 38.0 Å². The van der Waals surface area contributed by atoms with Crippen molar-refractivity contribution in [3.05, 3.63) is 17.7 Å². The lowest BCUT2D eigenvalue weighted by Crippen LogP contribution is -2.32. The molecule has 24 heavy (non-hydrogen) atoms. The summed E-state index contributed by atoms with van der Waals surface area (Å²) in [5, 5.41) is 11.8. The fraction of sp³-hybridized carbons (Fsp3) is 0.529. The Hall–Kier alpha value is -2.44. The molecule has 2 N–H and O–H groups in total. The normalized spacial score (nSPS) is 10.9. The quantitative estimate of drug-likeness (QED) is 0.713. The predicted octanol–water partition coefficient (Wildman–Crippen LogP) is 1.87. The van der Waals surface area contributed by atoms with Crippen LogP contribution < -0.4 is 19.5 Å². The van der Waals surface area contributed by atoms with E-state index in [0.717, 1.165) is 0 Å². The van der Waals surface area contributed by atoms with Crippen molar-refractivity contribution in [3.8, 4) is 17.2 Å². The number of nitrogens with one attached hydrogen (secondary N) is 1. The summed E-state index contributed by atoms with van der Waals surface area (Å²) < 4.78 is 15.7. The lowest BCUT2D eigenvalue weighted by molar-refractivity contribution is -0.147. The van der Waals surface area contributed by atoms with Crippen molar-refractivity contribution >= 4 is 11.9 Å². The van der Waals surface area contributed by atoms with Gasteiger partial charge in [0.25, 0.3) is 0 Å². The van der Waals surface area contributed by atoms with E-state index in [2.05, 4.69) is 5.32 Å². The number of benzene rings is 1. The van der Waals surface area contributed by atoms with Crippen LogP contribution >= 0.6 is 0 Å². The number of carboxylic acids is 1. The second-order valence-electron chi connectivity index (χ2n) is 6.00. The van der Waals surface area contributed by atoms with E-state index in [1.165, 1.54) is 21.3 Å². The Morgan fingerprint density at radius 1 is 1.08 bits per heavy atom. The van der Waals surface area contributed by atoms with Gasteiger partial charge in [-0.15, -0.1) is 0 Å². The van der Waals surface area contributed by atoms with E-state index in [9.17, 15) is 9.59 Å². The molecule has 134 valence electrons. The van der Waals surface area contributed by atoms with Crippen molar-refractivity contribution < 1.29 is 28.9 Å². The van der Waals surface area contributed by atoms with Crippen LogP contribution in [0.3, 0.4) is 0 Å². The van der Waals surface area contributed by atoms with E-state index in [0.29, 0.717) is 35.8 Å². The molecule has 7 nitrogen and oxygen atoms in total. The zero-order valence-electron chi connectivity index (χ0n) is 14.8. The Morgan fingerprint density at radius 2 is 1.62 bits per heavy atom. The Bertz CT molecular complexity index is 572. The van der Waals surface area contributed by atoms with E-state index < -0.39 is 11.4 Å². The Labute approximate surface area is 141 Å². The summed E-state index contributed by atoms with van der Waals surface area (Å²) in [5.74, 6) is 0.331. The summed E-state index contributed by atoms with van der Waals surface area (Å²) in [4.78, 5) is 23.1. The van der Waals surface area contributed by atoms with Gasteiger partial charge in [-0.25, -0.2) is 0 Å². The first-order chi connectivity index (χ1) is 11.2. The van der Waals surface area contributed by atoms with Crippen LogP contribution in [0.25, 0.3) is 0 Å². The van der Waals surface area contributed by atoms with Crippen LogP contribution in [0, 0.1) is 5.41 Å². The number of hydrogen-bond acceptors (Lipinski definition) is 5. The van der Waals surface area contributed by atoms with E-state index in [-0.39, 0.29) is 12.3 Å². The average molecular weight is 339 g/mol. The maximum absolute atomic E-state index is 12.1. The summed E-state index contributed by atoms with van der Waals surface area (Å²) >= 11 is 0. The van der Waals surface area contributed by atoms with Crippen LogP contribution in [-0.4, -0.2) is 44.9 Å². The molecule has 0 aromatic heterocycles. The summed E-state index contributed by atoms with van der Waals surface area (Å²) in [6, 6.07) is 3.42. The number of hydrogen-bond donors (Lipinski definition) is 2. The van der Waals surface area contributed by atoms with Crippen molar-refractivity contribution in [2.45, 2.75) is 26.7 Å². The SMILES string of the molecule is COc1cc(CC(=O)NCCC(C)(C)C(=O)O)cc(OC)c1OC. The molecule has 0 aliphatic carbocycles. The molecule has 1 aromatic rings. The molecule has 0 spiro atoms. The van der Waals surface area contributed by atoms with E-state index in [1.807, 2.05) is 0 Å². The Kier molecular flexibility index (Phi) is 6.88. The van der Waals surface area contributed by atoms with Gasteiger partial charge in [0.2, 0.25) is 11.7 Å². The molecule has 7 heteroatoms. The van der Waals surface area contributed by atoms with Gasteiger partial charge < -0.3 is 24.6 Å². The number of rotatable bonds is 9. The van der Waals surface area contributed by atoms with E-state index in [4.69, 9.17) is 19.3 Å². The molecule has 1 amide bonds. The Balaban J connectivity index is 2.72. The molecule has 0 atom stereocenters. The van der Waals surface area contributed by atoms with Crippen LogP contribution in [0.5, 0.6) is 17.2 Å². The first kappa shape index (κ1) is 19.6. The second-order valence-corrected chi connectivity index (χ2v) is 6.00. The monoisotopic (exact) mass is 339 g/mol. The molecule has 0 fully saturated rings. The minimum absolute atomic E-state index is 0.129. The zero-order chi connectivity index (χ0) is 18.3. The van der Waals surface area contributed by atoms with E-state index in [1.54, 1.807) is 26.0 Å². The van der Waals surface area contributed by atoms with Gasteiger partial charge in [0, 0.05) is 6.54 Å². The number of carbonyl (C=O) groups is 2. The van der Waals surface area contributed by atoms with Gasteiger partial charge in [0.05, 0.1) is 33.2 Å². The van der Waals surface area contributed by atoms with Crippen LogP contribution in [0.2, 0.25) is 0 Å². The van der Waals surface area contributed by atoms with Gasteiger partial charge in [0.1, 0.15) is 0 Å². The highest BCUT2D eigenvalue weighted by atomic mass is 16.5. The van der Waals surface area contributed by atoms with Crippen molar-refractivity contribution in [3.63, 3.8) is 0 Å². The Morgan fingerprint density at radius 3 is 2.04 bits per heavy atom. The van der Waals surface area contributed by atoms with Crippen molar-refractivity contribution in [1.82, 2.24) is 5.32 Å². The summed E-state index contributed by atoms with van der Waals surface area (Å²) in [6.07, 6.45) is 0.480. The molecule has 0 unspecified atom stereocenters. The van der Waals surface area contributed by atoms with Crippen molar-refractivity contribution in [2.75, 3.05) is 27.9 Å². The first-order valence-corrected chi connectivity index (χ1v) is 7.54. The number of carbonyl (C=O) groups excluding carboxylic acids is 1. The molecular weight excluding hydrogens is 314 g/mol. The summed E-state index contributed by atoms with van der Waals surface area (Å²) in [7, 11) is 4.53.